The second-order valence-corrected chi connectivity index (χ2v) is 28.5. The number of thiophene rings is 2. The molecular formula is C68H78N4S3. The fourth-order valence-corrected chi connectivity index (χ4v) is 13.5. The summed E-state index contributed by atoms with van der Waals surface area (Å²) in [5.74, 6) is 0. The molecule has 0 radical (unpaired) electrons. The van der Waals surface area contributed by atoms with Gasteiger partial charge in [-0.15, -0.1) is 22.7 Å². The quantitative estimate of drug-likeness (QED) is 0.0619. The van der Waals surface area contributed by atoms with E-state index in [0.29, 0.717) is 0 Å². The summed E-state index contributed by atoms with van der Waals surface area (Å²) in [6, 6.07) is 38.1. The van der Waals surface area contributed by atoms with E-state index >= 15 is 0 Å². The Labute approximate surface area is 459 Å². The van der Waals surface area contributed by atoms with E-state index in [0.717, 1.165) is 67.8 Å². The Bertz CT molecular complexity index is 3430. The molecule has 10 rings (SSSR count). The lowest BCUT2D eigenvalue weighted by Gasteiger charge is -2.26. The van der Waals surface area contributed by atoms with Gasteiger partial charge in [-0.25, -0.2) is 9.97 Å². The summed E-state index contributed by atoms with van der Waals surface area (Å²) in [4.78, 5) is 17.1. The molecule has 0 N–H and O–H groups in total. The van der Waals surface area contributed by atoms with Crippen LogP contribution in [0.3, 0.4) is 0 Å². The average molecular weight is 1050 g/mol. The van der Waals surface area contributed by atoms with Gasteiger partial charge >= 0.3 is 0 Å². The van der Waals surface area contributed by atoms with Gasteiger partial charge in [-0.05, 0) is 139 Å². The standard InChI is InChI=1S/C68H78N4S3/c1-15-17-19-21-23-49-27-31-55(73-49)57-61-62(58(64-63(57)71-75-72-64)56-32-28-50(74-56)24-22-20-18-16-2)70-60-52-30-26-42(44-35-47(67(9,10)11)40-48(36-44)68(12,13)14)38-54(52)53-37-41(25-29-51(53)59(60)69-61)43-33-45(65(3,4)5)39-46(34-43)66(6,7)8/h25-40H,15-24H2,1-14H3. The van der Waals surface area contributed by atoms with Gasteiger partial charge in [0.1, 0.15) is 22.1 Å². The summed E-state index contributed by atoms with van der Waals surface area (Å²) < 4.78 is 10.3. The van der Waals surface area contributed by atoms with Gasteiger partial charge in [0.05, 0.1) is 22.8 Å². The number of fused-ring (bicyclic) bond motifs is 8. The summed E-state index contributed by atoms with van der Waals surface area (Å²) in [5.41, 5.74) is 17.8. The third-order valence-electron chi connectivity index (χ3n) is 15.5. The monoisotopic (exact) mass is 1050 g/mol. The maximum atomic E-state index is 5.96. The molecule has 0 aliphatic carbocycles. The minimum Gasteiger partial charge on any atom is -0.243 e. The highest BCUT2D eigenvalue weighted by Gasteiger charge is 2.28. The second kappa shape index (κ2) is 20.6. The highest BCUT2D eigenvalue weighted by molar-refractivity contribution is 7.16. The van der Waals surface area contributed by atoms with Crippen LogP contribution in [0.15, 0.2) is 97.1 Å². The molecule has 0 aliphatic rings. The lowest BCUT2D eigenvalue weighted by atomic mass is 9.78. The number of aryl methyl sites for hydroxylation is 2. The van der Waals surface area contributed by atoms with Crippen LogP contribution in [0.1, 0.15) is 180 Å². The SMILES string of the molecule is CCCCCCc1ccc(-c2c3nsnc3c(-c3ccc(CCCCCC)s3)c3nc4c5ccc(-c6cc(C(C)(C)C)cc(C(C)(C)C)c6)cc5c5cc(-c6cc(C(C)(C)C)cc(C(C)(C)C)c6)ccc5c4nc23)s1. The predicted octanol–water partition coefficient (Wildman–Crippen LogP) is 21.3. The summed E-state index contributed by atoms with van der Waals surface area (Å²) >= 11 is 5.08. The fraction of sp³-hybridized carbons (Fsp3) is 0.412. The highest BCUT2D eigenvalue weighted by Crippen LogP contribution is 2.48. The molecule has 10 aromatic rings. The smallest absolute Gasteiger partial charge is 0.116 e. The predicted molar refractivity (Wildman–Crippen MR) is 331 cm³/mol. The Balaban J connectivity index is 1.30. The molecule has 4 nitrogen and oxygen atoms in total. The maximum absolute atomic E-state index is 5.96. The van der Waals surface area contributed by atoms with Crippen molar-refractivity contribution in [1.82, 2.24) is 18.7 Å². The van der Waals surface area contributed by atoms with Crippen LogP contribution in [0.4, 0.5) is 0 Å². The molecule has 388 valence electrons. The first-order chi connectivity index (χ1) is 35.6. The molecule has 0 spiro atoms. The Morgan fingerprint density at radius 3 is 1.07 bits per heavy atom. The third kappa shape index (κ3) is 10.7. The van der Waals surface area contributed by atoms with Crippen molar-refractivity contribution in [3.05, 3.63) is 129 Å². The lowest BCUT2D eigenvalue weighted by Crippen LogP contribution is -2.16. The van der Waals surface area contributed by atoms with E-state index < -0.39 is 0 Å². The molecule has 4 heterocycles. The molecule has 0 saturated carbocycles. The molecule has 0 unspecified atom stereocenters. The number of hydrogen-bond donors (Lipinski definition) is 0. The number of hydrogen-bond acceptors (Lipinski definition) is 7. The number of unbranched alkanes of at least 4 members (excludes halogenated alkanes) is 6. The van der Waals surface area contributed by atoms with Crippen molar-refractivity contribution in [3.8, 4) is 43.1 Å². The number of nitrogens with zero attached hydrogens (tertiary/aromatic N) is 4. The number of benzene rings is 6. The molecule has 4 aromatic heterocycles. The topological polar surface area (TPSA) is 51.6 Å². The molecule has 0 saturated heterocycles. The molecule has 7 heteroatoms. The van der Waals surface area contributed by atoms with Crippen molar-refractivity contribution in [1.29, 1.82) is 0 Å². The zero-order valence-electron chi connectivity index (χ0n) is 47.3. The number of aromatic nitrogens is 4. The van der Waals surface area contributed by atoms with Crippen LogP contribution in [0.2, 0.25) is 0 Å². The van der Waals surface area contributed by atoms with Gasteiger partial charge in [0.15, 0.2) is 0 Å². The summed E-state index contributed by atoms with van der Waals surface area (Å²) in [7, 11) is 0. The van der Waals surface area contributed by atoms with Crippen molar-refractivity contribution in [2.24, 2.45) is 0 Å². The van der Waals surface area contributed by atoms with E-state index in [2.05, 4.69) is 194 Å². The maximum Gasteiger partial charge on any atom is 0.116 e. The molecule has 75 heavy (non-hydrogen) atoms. The fourth-order valence-electron chi connectivity index (χ4n) is 10.7. The Morgan fingerprint density at radius 1 is 0.347 bits per heavy atom. The van der Waals surface area contributed by atoms with Crippen molar-refractivity contribution in [3.63, 3.8) is 0 Å². The zero-order valence-corrected chi connectivity index (χ0v) is 49.8. The first-order valence-electron chi connectivity index (χ1n) is 27.9. The molecule has 0 fully saturated rings. The highest BCUT2D eigenvalue weighted by atomic mass is 32.1. The molecule has 0 aliphatic heterocycles. The van der Waals surface area contributed by atoms with E-state index in [1.807, 2.05) is 22.7 Å². The molecular weight excluding hydrogens is 969 g/mol. The molecule has 0 atom stereocenters. The van der Waals surface area contributed by atoms with Crippen LogP contribution < -0.4 is 0 Å². The van der Waals surface area contributed by atoms with Crippen molar-refractivity contribution in [2.75, 3.05) is 0 Å². The van der Waals surface area contributed by atoms with Gasteiger partial charge in [0.2, 0.25) is 0 Å². The van der Waals surface area contributed by atoms with Crippen LogP contribution in [0.5, 0.6) is 0 Å². The van der Waals surface area contributed by atoms with Crippen molar-refractivity contribution < 1.29 is 0 Å². The molecule has 0 amide bonds. The summed E-state index contributed by atoms with van der Waals surface area (Å²) in [5, 5.41) is 4.57. The summed E-state index contributed by atoms with van der Waals surface area (Å²) in [6.45, 7) is 32.5. The van der Waals surface area contributed by atoms with E-state index in [4.69, 9.17) is 18.7 Å². The zero-order chi connectivity index (χ0) is 53.2. The third-order valence-corrected chi connectivity index (χ3v) is 18.4. The van der Waals surface area contributed by atoms with Crippen LogP contribution >= 0.6 is 34.4 Å². The first-order valence-corrected chi connectivity index (χ1v) is 30.3. The van der Waals surface area contributed by atoms with Crippen LogP contribution in [-0.2, 0) is 34.5 Å². The van der Waals surface area contributed by atoms with Gasteiger partial charge < -0.3 is 0 Å². The second-order valence-electron chi connectivity index (χ2n) is 25.6. The van der Waals surface area contributed by atoms with Crippen LogP contribution in [0, 0.1) is 0 Å². The van der Waals surface area contributed by atoms with Gasteiger partial charge in [0.25, 0.3) is 0 Å². The Hall–Kier alpha value is -5.34. The normalized spacial score (nSPS) is 12.9. The van der Waals surface area contributed by atoms with Crippen molar-refractivity contribution in [2.45, 2.75) is 183 Å². The van der Waals surface area contributed by atoms with E-state index in [1.165, 1.54) is 138 Å². The largest absolute Gasteiger partial charge is 0.243 e. The Morgan fingerprint density at radius 2 is 0.720 bits per heavy atom. The van der Waals surface area contributed by atoms with E-state index in [9.17, 15) is 0 Å². The molecule has 6 aromatic carbocycles. The molecule has 0 bridgehead atoms. The minimum atomic E-state index is -0.0126. The Kier molecular flexibility index (Phi) is 14.5. The van der Waals surface area contributed by atoms with E-state index in [-0.39, 0.29) is 21.7 Å². The minimum absolute atomic E-state index is 0.0126. The van der Waals surface area contributed by atoms with Gasteiger partial charge in [0, 0.05) is 41.4 Å². The van der Waals surface area contributed by atoms with Crippen molar-refractivity contribution >= 4 is 89.0 Å². The van der Waals surface area contributed by atoms with Crippen LogP contribution in [-0.4, -0.2) is 18.7 Å². The van der Waals surface area contributed by atoms with Crippen LogP contribution in [0.25, 0.3) is 97.8 Å². The van der Waals surface area contributed by atoms with Gasteiger partial charge in [-0.3, -0.25) is 0 Å². The van der Waals surface area contributed by atoms with E-state index in [1.54, 1.807) is 0 Å². The first kappa shape index (κ1) is 53.1. The number of rotatable bonds is 14. The average Bonchev–Trinajstić information content (AvgIpc) is 4.17. The van der Waals surface area contributed by atoms with Gasteiger partial charge in [-0.2, -0.15) is 8.75 Å². The van der Waals surface area contributed by atoms with Gasteiger partial charge in [-0.1, -0.05) is 196 Å². The summed E-state index contributed by atoms with van der Waals surface area (Å²) in [6.07, 6.45) is 12.1. The lowest BCUT2D eigenvalue weighted by molar-refractivity contribution is 0.568.